The van der Waals surface area contributed by atoms with Gasteiger partial charge in [-0.15, -0.1) is 0 Å². The number of hydrogen-bond donors (Lipinski definition) is 2. The van der Waals surface area contributed by atoms with Crippen LogP contribution < -0.4 is 5.73 Å². The predicted octanol–water partition coefficient (Wildman–Crippen LogP) is 3.51. The minimum Gasteiger partial charge on any atom is -0.361 e. The maximum Gasteiger partial charge on any atom is 0.389 e. The monoisotopic (exact) mass is 242 g/mol. The fourth-order valence-electron chi connectivity index (χ4n) is 1.88. The zero-order valence-corrected chi connectivity index (χ0v) is 9.09. The lowest BCUT2D eigenvalue weighted by Crippen LogP contribution is -2.15. The second kappa shape index (κ2) is 4.41. The zero-order chi connectivity index (χ0) is 12.5. The number of aromatic amines is 1. The molecule has 0 saturated carbocycles. The van der Waals surface area contributed by atoms with E-state index in [1.165, 1.54) is 0 Å². The molecule has 17 heavy (non-hydrogen) atoms. The number of halogens is 3. The highest BCUT2D eigenvalue weighted by atomic mass is 19.4. The number of para-hydroxylation sites is 1. The second-order valence-corrected chi connectivity index (χ2v) is 4.05. The Labute approximate surface area is 96.6 Å². The van der Waals surface area contributed by atoms with Gasteiger partial charge in [-0.1, -0.05) is 18.2 Å². The molecule has 92 valence electrons. The van der Waals surface area contributed by atoms with Crippen molar-refractivity contribution in [1.82, 2.24) is 4.98 Å². The Morgan fingerprint density at radius 1 is 1.24 bits per heavy atom. The molecule has 0 aliphatic heterocycles. The standard InChI is InChI=1S/C12H13F3N2/c13-12(14,15)6-5-10(16)9-7-17-11-4-2-1-3-8(9)11/h1-4,7,10,17H,5-6,16H2/t10-/m1/s1. The van der Waals surface area contributed by atoms with Gasteiger partial charge in [0.15, 0.2) is 0 Å². The van der Waals surface area contributed by atoms with Crippen LogP contribution in [0.4, 0.5) is 13.2 Å². The number of fused-ring (bicyclic) bond motifs is 1. The molecule has 1 aromatic heterocycles. The zero-order valence-electron chi connectivity index (χ0n) is 9.09. The molecule has 1 aromatic carbocycles. The van der Waals surface area contributed by atoms with Gasteiger partial charge in [0.2, 0.25) is 0 Å². The number of aromatic nitrogens is 1. The van der Waals surface area contributed by atoms with Crippen LogP contribution in [0.2, 0.25) is 0 Å². The Morgan fingerprint density at radius 3 is 2.65 bits per heavy atom. The van der Waals surface area contributed by atoms with Crippen LogP contribution in [-0.4, -0.2) is 11.2 Å². The van der Waals surface area contributed by atoms with Gasteiger partial charge < -0.3 is 10.7 Å². The van der Waals surface area contributed by atoms with Gasteiger partial charge in [0.1, 0.15) is 0 Å². The summed E-state index contributed by atoms with van der Waals surface area (Å²) in [5, 5.41) is 0.891. The van der Waals surface area contributed by atoms with Crippen molar-refractivity contribution in [1.29, 1.82) is 0 Å². The van der Waals surface area contributed by atoms with Crippen molar-refractivity contribution in [3.05, 3.63) is 36.0 Å². The molecule has 0 amide bonds. The first-order chi connectivity index (χ1) is 7.97. The summed E-state index contributed by atoms with van der Waals surface area (Å²) >= 11 is 0. The smallest absolute Gasteiger partial charge is 0.361 e. The molecule has 0 fully saturated rings. The Hall–Kier alpha value is -1.49. The van der Waals surface area contributed by atoms with Crippen molar-refractivity contribution in [2.24, 2.45) is 5.73 Å². The van der Waals surface area contributed by atoms with Crippen molar-refractivity contribution in [3.8, 4) is 0 Å². The molecule has 0 unspecified atom stereocenters. The Morgan fingerprint density at radius 2 is 1.94 bits per heavy atom. The SMILES string of the molecule is N[C@H](CCC(F)(F)F)c1c[nH]c2ccccc12. The third-order valence-electron chi connectivity index (χ3n) is 2.76. The van der Waals surface area contributed by atoms with Crippen LogP contribution in [0.15, 0.2) is 30.5 Å². The van der Waals surface area contributed by atoms with Crippen LogP contribution in [0, 0.1) is 0 Å². The molecule has 0 spiro atoms. The molecule has 5 heteroatoms. The van der Waals surface area contributed by atoms with Gasteiger partial charge in [-0.25, -0.2) is 0 Å². The summed E-state index contributed by atoms with van der Waals surface area (Å²) < 4.78 is 36.3. The van der Waals surface area contributed by atoms with Gasteiger partial charge in [0.25, 0.3) is 0 Å². The molecular weight excluding hydrogens is 229 g/mol. The summed E-state index contributed by atoms with van der Waals surface area (Å²) in [6.07, 6.45) is -3.41. The molecule has 2 aromatic rings. The van der Waals surface area contributed by atoms with E-state index in [1.54, 1.807) is 6.20 Å². The van der Waals surface area contributed by atoms with E-state index >= 15 is 0 Å². The van der Waals surface area contributed by atoms with Gasteiger partial charge >= 0.3 is 6.18 Å². The van der Waals surface area contributed by atoms with Crippen LogP contribution >= 0.6 is 0 Å². The summed E-state index contributed by atoms with van der Waals surface area (Å²) in [7, 11) is 0. The fourth-order valence-corrected chi connectivity index (χ4v) is 1.88. The number of benzene rings is 1. The average Bonchev–Trinajstić information content (AvgIpc) is 2.68. The van der Waals surface area contributed by atoms with E-state index in [0.29, 0.717) is 0 Å². The summed E-state index contributed by atoms with van der Waals surface area (Å²) in [5.74, 6) is 0. The number of hydrogen-bond acceptors (Lipinski definition) is 1. The molecule has 2 rings (SSSR count). The first-order valence-electron chi connectivity index (χ1n) is 5.36. The molecule has 0 aliphatic rings. The number of alkyl halides is 3. The minimum atomic E-state index is -4.15. The van der Waals surface area contributed by atoms with Crippen molar-refractivity contribution in [3.63, 3.8) is 0 Å². The lowest BCUT2D eigenvalue weighted by atomic mass is 10.0. The van der Waals surface area contributed by atoms with E-state index in [0.717, 1.165) is 16.5 Å². The van der Waals surface area contributed by atoms with Crippen molar-refractivity contribution in [2.75, 3.05) is 0 Å². The number of nitrogens with two attached hydrogens (primary N) is 1. The molecular formula is C12H13F3N2. The average molecular weight is 242 g/mol. The van der Waals surface area contributed by atoms with E-state index in [4.69, 9.17) is 5.73 Å². The molecule has 3 N–H and O–H groups in total. The van der Waals surface area contributed by atoms with E-state index in [2.05, 4.69) is 4.98 Å². The third-order valence-corrected chi connectivity index (χ3v) is 2.76. The summed E-state index contributed by atoms with van der Waals surface area (Å²) in [6, 6.07) is 6.84. The molecule has 0 saturated heterocycles. The maximum atomic E-state index is 12.1. The molecule has 1 atom stereocenters. The number of nitrogens with one attached hydrogen (secondary N) is 1. The van der Waals surface area contributed by atoms with E-state index in [9.17, 15) is 13.2 Å². The summed E-state index contributed by atoms with van der Waals surface area (Å²) in [6.45, 7) is 0. The highest BCUT2D eigenvalue weighted by molar-refractivity contribution is 5.83. The Bertz CT molecular complexity index is 502. The Balaban J connectivity index is 2.16. The predicted molar refractivity (Wildman–Crippen MR) is 60.5 cm³/mol. The number of rotatable bonds is 3. The van der Waals surface area contributed by atoms with Gasteiger partial charge in [0.05, 0.1) is 0 Å². The van der Waals surface area contributed by atoms with Crippen molar-refractivity contribution in [2.45, 2.75) is 25.1 Å². The molecule has 1 heterocycles. The van der Waals surface area contributed by atoms with E-state index in [-0.39, 0.29) is 6.42 Å². The van der Waals surface area contributed by atoms with Gasteiger partial charge in [-0.05, 0) is 18.1 Å². The largest absolute Gasteiger partial charge is 0.389 e. The quantitative estimate of drug-likeness (QED) is 0.849. The van der Waals surface area contributed by atoms with E-state index < -0.39 is 18.6 Å². The van der Waals surface area contributed by atoms with Crippen LogP contribution in [0.25, 0.3) is 10.9 Å². The highest BCUT2D eigenvalue weighted by Crippen LogP contribution is 2.29. The van der Waals surface area contributed by atoms with Crippen LogP contribution in [0.5, 0.6) is 0 Å². The highest BCUT2D eigenvalue weighted by Gasteiger charge is 2.28. The molecule has 0 radical (unpaired) electrons. The van der Waals surface area contributed by atoms with Crippen LogP contribution in [0.3, 0.4) is 0 Å². The van der Waals surface area contributed by atoms with Crippen molar-refractivity contribution >= 4 is 10.9 Å². The van der Waals surface area contributed by atoms with Gasteiger partial charge in [-0.3, -0.25) is 0 Å². The van der Waals surface area contributed by atoms with Gasteiger partial charge in [-0.2, -0.15) is 13.2 Å². The third kappa shape index (κ3) is 2.79. The lowest BCUT2D eigenvalue weighted by Gasteiger charge is -2.12. The normalized spacial score (nSPS) is 14.1. The van der Waals surface area contributed by atoms with Crippen LogP contribution in [0.1, 0.15) is 24.4 Å². The van der Waals surface area contributed by atoms with Crippen molar-refractivity contribution < 1.29 is 13.2 Å². The summed E-state index contributed by atoms with van der Waals surface area (Å²) in [4.78, 5) is 3.00. The lowest BCUT2D eigenvalue weighted by molar-refractivity contribution is -0.136. The fraction of sp³-hybridized carbons (Fsp3) is 0.333. The second-order valence-electron chi connectivity index (χ2n) is 4.05. The summed E-state index contributed by atoms with van der Waals surface area (Å²) in [5.41, 5.74) is 7.43. The first-order valence-corrected chi connectivity index (χ1v) is 5.36. The maximum absolute atomic E-state index is 12.1. The molecule has 0 aliphatic carbocycles. The Kier molecular flexibility index (Phi) is 3.11. The number of H-pyrrole nitrogens is 1. The van der Waals surface area contributed by atoms with Crippen LogP contribution in [-0.2, 0) is 0 Å². The van der Waals surface area contributed by atoms with Gasteiger partial charge in [0, 0.05) is 29.6 Å². The molecule has 2 nitrogen and oxygen atoms in total. The molecule has 0 bridgehead atoms. The van der Waals surface area contributed by atoms with E-state index in [1.807, 2.05) is 24.3 Å². The first kappa shape index (κ1) is 12.0. The topological polar surface area (TPSA) is 41.8 Å². The minimum absolute atomic E-state index is 0.0919.